The number of aromatic nitrogens is 3. The first-order valence-corrected chi connectivity index (χ1v) is 11.5. The molecule has 5 rings (SSSR count). The van der Waals surface area contributed by atoms with Gasteiger partial charge < -0.3 is 14.2 Å². The minimum absolute atomic E-state index is 0.113. The minimum Gasteiger partial charge on any atom is -0.459 e. The molecular weight excluding hydrogens is 418 g/mol. The average Bonchev–Trinajstić information content (AvgIpc) is 3.57. The molecule has 8 heteroatoms. The first-order chi connectivity index (χ1) is 16.0. The van der Waals surface area contributed by atoms with Crippen molar-refractivity contribution in [1.82, 2.24) is 24.6 Å². The summed E-state index contributed by atoms with van der Waals surface area (Å²) in [7, 11) is 0. The normalized spacial score (nSPS) is 23.1. The molecule has 3 aromatic rings. The number of hydrogen-bond acceptors (Lipinski definition) is 5. The Hall–Kier alpha value is -3.42. The van der Waals surface area contributed by atoms with Crippen LogP contribution in [0.15, 0.2) is 59.6 Å². The number of nitrogens with zero attached hydrogens (tertiary/aromatic N) is 5. The third-order valence-electron chi connectivity index (χ3n) is 7.00. The molecule has 172 valence electrons. The van der Waals surface area contributed by atoms with E-state index in [-0.39, 0.29) is 23.8 Å². The molecule has 0 aliphatic carbocycles. The van der Waals surface area contributed by atoms with Gasteiger partial charge in [-0.3, -0.25) is 19.3 Å². The Morgan fingerprint density at radius 2 is 2.03 bits per heavy atom. The summed E-state index contributed by atoms with van der Waals surface area (Å²) in [6.45, 7) is 6.28. The molecule has 2 aliphatic heterocycles. The number of furan rings is 1. The van der Waals surface area contributed by atoms with Crippen LogP contribution >= 0.6 is 0 Å². The highest BCUT2D eigenvalue weighted by Gasteiger charge is 2.57. The number of rotatable bonds is 5. The number of amides is 2. The predicted molar refractivity (Wildman–Crippen MR) is 121 cm³/mol. The van der Waals surface area contributed by atoms with Crippen LogP contribution in [0.2, 0.25) is 0 Å². The molecule has 0 bridgehead atoms. The molecular formula is C25H29N5O3. The fraction of sp³-hybridized carbons (Fsp3) is 0.440. The van der Waals surface area contributed by atoms with Gasteiger partial charge in [-0.25, -0.2) is 0 Å². The van der Waals surface area contributed by atoms with Gasteiger partial charge in [0.1, 0.15) is 0 Å². The smallest absolute Gasteiger partial charge is 0.289 e. The van der Waals surface area contributed by atoms with Crippen molar-refractivity contribution in [1.29, 1.82) is 0 Å². The summed E-state index contributed by atoms with van der Waals surface area (Å²) in [5, 5.41) is 4.53. The van der Waals surface area contributed by atoms with E-state index >= 15 is 0 Å². The van der Waals surface area contributed by atoms with Gasteiger partial charge in [0.25, 0.3) is 5.91 Å². The first kappa shape index (κ1) is 21.4. The van der Waals surface area contributed by atoms with E-state index in [1.54, 1.807) is 35.6 Å². The highest BCUT2D eigenvalue weighted by Crippen LogP contribution is 2.50. The number of hydrogen-bond donors (Lipinski definition) is 0. The summed E-state index contributed by atoms with van der Waals surface area (Å²) < 4.78 is 7.38. The van der Waals surface area contributed by atoms with Gasteiger partial charge in [-0.15, -0.1) is 0 Å². The Balaban J connectivity index is 1.52. The largest absolute Gasteiger partial charge is 0.459 e. The minimum atomic E-state index is -0.680. The SMILES string of the molecule is CC(C)n1nccc1[C@@H]1CN(C(=O)c2ccco2)C[C@]12CCCN(Cc1ccncc1)C2=O. The first-order valence-electron chi connectivity index (χ1n) is 11.5. The van der Waals surface area contributed by atoms with Crippen LogP contribution in [-0.4, -0.2) is 56.0 Å². The van der Waals surface area contributed by atoms with Gasteiger partial charge in [0.05, 0.1) is 11.7 Å². The van der Waals surface area contributed by atoms with Crippen molar-refractivity contribution in [2.45, 2.75) is 45.2 Å². The van der Waals surface area contributed by atoms with E-state index in [1.165, 1.54) is 6.26 Å². The zero-order chi connectivity index (χ0) is 23.0. The molecule has 2 amide bonds. The van der Waals surface area contributed by atoms with Crippen LogP contribution in [0.3, 0.4) is 0 Å². The topological polar surface area (TPSA) is 84.5 Å². The lowest BCUT2D eigenvalue weighted by Gasteiger charge is -2.42. The second-order valence-electron chi connectivity index (χ2n) is 9.35. The van der Waals surface area contributed by atoms with Crippen molar-refractivity contribution < 1.29 is 14.0 Å². The molecule has 0 unspecified atom stereocenters. The number of carbonyl (C=O) groups is 2. The molecule has 8 nitrogen and oxygen atoms in total. The lowest BCUT2D eigenvalue weighted by atomic mass is 9.70. The lowest BCUT2D eigenvalue weighted by molar-refractivity contribution is -0.147. The summed E-state index contributed by atoms with van der Waals surface area (Å²) >= 11 is 0. The molecule has 2 fully saturated rings. The monoisotopic (exact) mass is 447 g/mol. The van der Waals surface area contributed by atoms with E-state index in [1.807, 2.05) is 27.8 Å². The van der Waals surface area contributed by atoms with Gasteiger partial charge >= 0.3 is 0 Å². The van der Waals surface area contributed by atoms with Crippen molar-refractivity contribution in [3.05, 3.63) is 72.2 Å². The van der Waals surface area contributed by atoms with E-state index in [2.05, 4.69) is 23.9 Å². The lowest BCUT2D eigenvalue weighted by Crippen LogP contribution is -2.52. The Kier molecular flexibility index (Phi) is 5.52. The fourth-order valence-corrected chi connectivity index (χ4v) is 5.47. The van der Waals surface area contributed by atoms with Gasteiger partial charge in [0.2, 0.25) is 5.91 Å². The fourth-order valence-electron chi connectivity index (χ4n) is 5.47. The van der Waals surface area contributed by atoms with E-state index < -0.39 is 5.41 Å². The molecule has 0 saturated carbocycles. The number of likely N-dealkylation sites (tertiary alicyclic amines) is 2. The van der Waals surface area contributed by atoms with Crippen molar-refractivity contribution in [2.75, 3.05) is 19.6 Å². The Bertz CT molecular complexity index is 1120. The van der Waals surface area contributed by atoms with Crippen molar-refractivity contribution in [3.63, 3.8) is 0 Å². The standard InChI is InChI=1S/C25H29N5O3/c1-18(2)30-21(8-12-27-30)20-16-29(23(31)22-5-3-14-33-22)17-25(20)9-4-13-28(24(25)32)15-19-6-10-26-11-7-19/h3,5-8,10-12,14,18,20H,4,9,13,15-17H2,1-2H3/t20-,25+/m0/s1. The highest BCUT2D eigenvalue weighted by atomic mass is 16.3. The number of pyridine rings is 1. The van der Waals surface area contributed by atoms with Gasteiger partial charge in [-0.2, -0.15) is 5.10 Å². The zero-order valence-electron chi connectivity index (χ0n) is 19.1. The molecule has 2 aliphatic rings. The molecule has 0 aromatic carbocycles. The predicted octanol–water partition coefficient (Wildman–Crippen LogP) is 3.50. The van der Waals surface area contributed by atoms with Crippen molar-refractivity contribution >= 4 is 11.8 Å². The zero-order valence-corrected chi connectivity index (χ0v) is 19.1. The van der Waals surface area contributed by atoms with Crippen LogP contribution < -0.4 is 0 Å². The van der Waals surface area contributed by atoms with E-state index in [4.69, 9.17) is 4.42 Å². The molecule has 2 saturated heterocycles. The molecule has 0 N–H and O–H groups in total. The third kappa shape index (κ3) is 3.73. The quantitative estimate of drug-likeness (QED) is 0.598. The molecule has 0 radical (unpaired) electrons. The van der Waals surface area contributed by atoms with Crippen LogP contribution in [0.1, 0.15) is 60.5 Å². The third-order valence-corrected chi connectivity index (χ3v) is 7.00. The molecule has 5 heterocycles. The molecule has 2 atom stereocenters. The van der Waals surface area contributed by atoms with Gasteiger partial charge in [0, 0.05) is 62.4 Å². The molecule has 3 aromatic heterocycles. The van der Waals surface area contributed by atoms with Crippen LogP contribution in [-0.2, 0) is 11.3 Å². The summed E-state index contributed by atoms with van der Waals surface area (Å²) in [4.78, 5) is 35.2. The number of piperidine rings is 1. The maximum Gasteiger partial charge on any atom is 0.289 e. The Morgan fingerprint density at radius 1 is 1.21 bits per heavy atom. The average molecular weight is 448 g/mol. The molecule has 1 spiro atoms. The summed E-state index contributed by atoms with van der Waals surface area (Å²) in [6.07, 6.45) is 8.45. The van der Waals surface area contributed by atoms with E-state index in [9.17, 15) is 9.59 Å². The number of carbonyl (C=O) groups excluding carboxylic acids is 2. The van der Waals surface area contributed by atoms with Gasteiger partial charge in [-0.1, -0.05) is 0 Å². The van der Waals surface area contributed by atoms with E-state index in [0.717, 1.165) is 24.1 Å². The summed E-state index contributed by atoms with van der Waals surface area (Å²) in [5.41, 5.74) is 1.39. The van der Waals surface area contributed by atoms with Gasteiger partial charge in [0.15, 0.2) is 5.76 Å². The van der Waals surface area contributed by atoms with Crippen LogP contribution in [0.5, 0.6) is 0 Å². The molecule has 33 heavy (non-hydrogen) atoms. The Labute approximate surface area is 193 Å². The van der Waals surface area contributed by atoms with Crippen LogP contribution in [0.4, 0.5) is 0 Å². The van der Waals surface area contributed by atoms with Gasteiger partial charge in [-0.05, 0) is 62.6 Å². The second-order valence-corrected chi connectivity index (χ2v) is 9.35. The van der Waals surface area contributed by atoms with Crippen molar-refractivity contribution in [2.24, 2.45) is 5.41 Å². The summed E-state index contributed by atoms with van der Waals surface area (Å²) in [6, 6.07) is 9.45. The van der Waals surface area contributed by atoms with Crippen molar-refractivity contribution in [3.8, 4) is 0 Å². The second kappa shape index (κ2) is 8.50. The maximum atomic E-state index is 14.1. The van der Waals surface area contributed by atoms with Crippen LogP contribution in [0.25, 0.3) is 0 Å². The Morgan fingerprint density at radius 3 is 2.76 bits per heavy atom. The highest BCUT2D eigenvalue weighted by molar-refractivity contribution is 5.93. The summed E-state index contributed by atoms with van der Waals surface area (Å²) in [5.74, 6) is 0.118. The maximum absolute atomic E-state index is 14.1. The van der Waals surface area contributed by atoms with Crippen LogP contribution in [0, 0.1) is 5.41 Å². The van der Waals surface area contributed by atoms with E-state index in [0.29, 0.717) is 31.9 Å².